The number of aryl methyl sites for hydroxylation is 1. The lowest BCUT2D eigenvalue weighted by Gasteiger charge is -2.13. The van der Waals surface area contributed by atoms with Gasteiger partial charge in [-0.1, -0.05) is 36.7 Å². The van der Waals surface area contributed by atoms with Crippen LogP contribution in [0.1, 0.15) is 18.1 Å². The van der Waals surface area contributed by atoms with Crippen LogP contribution in [0, 0.1) is 0 Å². The molecule has 0 heterocycles. The van der Waals surface area contributed by atoms with Crippen molar-refractivity contribution in [3.8, 4) is 0 Å². The van der Waals surface area contributed by atoms with Gasteiger partial charge in [0.25, 0.3) is 0 Å². The highest BCUT2D eigenvalue weighted by atomic mass is 35.5. The molecule has 0 aliphatic carbocycles. The molecule has 0 fully saturated rings. The molecule has 24 heavy (non-hydrogen) atoms. The Kier molecular flexibility index (Phi) is 5.72. The third kappa shape index (κ3) is 4.64. The SMILES string of the molecule is CCc1ccccc1NCC(=O)Nc1cc(C(F)(F)F)ccc1Cl. The fourth-order valence-electron chi connectivity index (χ4n) is 2.17. The van der Waals surface area contributed by atoms with Crippen molar-refractivity contribution in [3.05, 3.63) is 58.6 Å². The first-order valence-corrected chi connectivity index (χ1v) is 7.67. The summed E-state index contributed by atoms with van der Waals surface area (Å²) in [5.41, 5.74) is 0.918. The molecule has 0 saturated carbocycles. The van der Waals surface area contributed by atoms with E-state index in [4.69, 9.17) is 11.6 Å². The minimum Gasteiger partial charge on any atom is -0.376 e. The molecule has 0 radical (unpaired) electrons. The van der Waals surface area contributed by atoms with Crippen LogP contribution in [0.5, 0.6) is 0 Å². The van der Waals surface area contributed by atoms with Gasteiger partial charge in [-0.2, -0.15) is 13.2 Å². The fourth-order valence-corrected chi connectivity index (χ4v) is 2.33. The van der Waals surface area contributed by atoms with E-state index in [0.29, 0.717) is 0 Å². The van der Waals surface area contributed by atoms with E-state index in [9.17, 15) is 18.0 Å². The van der Waals surface area contributed by atoms with E-state index in [0.717, 1.165) is 35.9 Å². The third-order valence-corrected chi connectivity index (χ3v) is 3.74. The van der Waals surface area contributed by atoms with Crippen molar-refractivity contribution in [1.82, 2.24) is 0 Å². The van der Waals surface area contributed by atoms with Crippen molar-refractivity contribution in [2.45, 2.75) is 19.5 Å². The minimum atomic E-state index is -4.50. The van der Waals surface area contributed by atoms with E-state index in [2.05, 4.69) is 10.6 Å². The first-order chi connectivity index (χ1) is 11.3. The van der Waals surface area contributed by atoms with Gasteiger partial charge in [0, 0.05) is 5.69 Å². The van der Waals surface area contributed by atoms with Crippen LogP contribution in [0.4, 0.5) is 24.5 Å². The number of anilines is 2. The van der Waals surface area contributed by atoms with Gasteiger partial charge < -0.3 is 10.6 Å². The second-order valence-electron chi connectivity index (χ2n) is 5.10. The molecule has 0 saturated heterocycles. The van der Waals surface area contributed by atoms with E-state index >= 15 is 0 Å². The molecule has 0 aromatic heterocycles. The highest BCUT2D eigenvalue weighted by Crippen LogP contribution is 2.33. The number of halogens is 4. The molecule has 2 aromatic carbocycles. The third-order valence-electron chi connectivity index (χ3n) is 3.41. The van der Waals surface area contributed by atoms with Crippen LogP contribution in [0.15, 0.2) is 42.5 Å². The maximum absolute atomic E-state index is 12.7. The summed E-state index contributed by atoms with van der Waals surface area (Å²) in [6.07, 6.45) is -3.70. The zero-order valence-corrected chi connectivity index (χ0v) is 13.6. The molecule has 0 aliphatic heterocycles. The molecule has 0 bridgehead atoms. The van der Waals surface area contributed by atoms with Crippen LogP contribution < -0.4 is 10.6 Å². The number of para-hydroxylation sites is 1. The summed E-state index contributed by atoms with van der Waals surface area (Å²) in [6, 6.07) is 10.3. The number of alkyl halides is 3. The number of hydrogen-bond acceptors (Lipinski definition) is 2. The Morgan fingerprint density at radius 1 is 1.12 bits per heavy atom. The van der Waals surface area contributed by atoms with Gasteiger partial charge in [-0.05, 0) is 36.2 Å². The van der Waals surface area contributed by atoms with Gasteiger partial charge in [0.05, 0.1) is 22.8 Å². The maximum Gasteiger partial charge on any atom is 0.416 e. The van der Waals surface area contributed by atoms with Crippen LogP contribution >= 0.6 is 11.6 Å². The van der Waals surface area contributed by atoms with Crippen molar-refractivity contribution >= 4 is 28.9 Å². The average Bonchev–Trinajstić information content (AvgIpc) is 2.54. The van der Waals surface area contributed by atoms with Crippen LogP contribution in [-0.2, 0) is 17.4 Å². The normalized spacial score (nSPS) is 11.2. The first kappa shape index (κ1) is 18.1. The maximum atomic E-state index is 12.7. The molecule has 128 valence electrons. The number of carbonyl (C=O) groups excluding carboxylic acids is 1. The number of nitrogens with one attached hydrogen (secondary N) is 2. The van der Waals surface area contributed by atoms with E-state index in [1.165, 1.54) is 0 Å². The van der Waals surface area contributed by atoms with Gasteiger partial charge in [-0.3, -0.25) is 4.79 Å². The average molecular weight is 357 g/mol. The van der Waals surface area contributed by atoms with Gasteiger partial charge >= 0.3 is 6.18 Å². The van der Waals surface area contributed by atoms with Crippen molar-refractivity contribution in [1.29, 1.82) is 0 Å². The molecular weight excluding hydrogens is 341 g/mol. The lowest BCUT2D eigenvalue weighted by Crippen LogP contribution is -2.22. The van der Waals surface area contributed by atoms with E-state index < -0.39 is 17.6 Å². The van der Waals surface area contributed by atoms with Crippen LogP contribution in [0.2, 0.25) is 5.02 Å². The Morgan fingerprint density at radius 2 is 1.83 bits per heavy atom. The summed E-state index contributed by atoms with van der Waals surface area (Å²) >= 11 is 5.85. The van der Waals surface area contributed by atoms with Gasteiger partial charge in [-0.25, -0.2) is 0 Å². The number of rotatable bonds is 5. The lowest BCUT2D eigenvalue weighted by atomic mass is 10.1. The Labute approximate surface area is 142 Å². The van der Waals surface area contributed by atoms with Gasteiger partial charge in [-0.15, -0.1) is 0 Å². The van der Waals surface area contributed by atoms with E-state index in [1.807, 2.05) is 31.2 Å². The summed E-state index contributed by atoms with van der Waals surface area (Å²) in [4.78, 5) is 12.0. The van der Waals surface area contributed by atoms with Crippen molar-refractivity contribution in [3.63, 3.8) is 0 Å². The largest absolute Gasteiger partial charge is 0.416 e. The summed E-state index contributed by atoms with van der Waals surface area (Å²) in [5, 5.41) is 5.41. The molecule has 3 nitrogen and oxygen atoms in total. The zero-order valence-electron chi connectivity index (χ0n) is 12.9. The summed E-state index contributed by atoms with van der Waals surface area (Å²) in [6.45, 7) is 1.91. The Balaban J connectivity index is 2.05. The quantitative estimate of drug-likeness (QED) is 0.794. The van der Waals surface area contributed by atoms with Crippen LogP contribution in [0.3, 0.4) is 0 Å². The number of hydrogen-bond donors (Lipinski definition) is 2. The molecule has 0 unspecified atom stereocenters. The van der Waals surface area contributed by atoms with Gasteiger partial charge in [0.1, 0.15) is 0 Å². The highest BCUT2D eigenvalue weighted by Gasteiger charge is 2.31. The highest BCUT2D eigenvalue weighted by molar-refractivity contribution is 6.33. The molecule has 2 rings (SSSR count). The molecule has 1 amide bonds. The Morgan fingerprint density at radius 3 is 2.50 bits per heavy atom. The van der Waals surface area contributed by atoms with Crippen LogP contribution in [-0.4, -0.2) is 12.5 Å². The zero-order chi connectivity index (χ0) is 17.7. The topological polar surface area (TPSA) is 41.1 Å². The molecule has 2 aromatic rings. The summed E-state index contributed by atoms with van der Waals surface area (Å²) in [7, 11) is 0. The van der Waals surface area contributed by atoms with E-state index in [1.54, 1.807) is 0 Å². The second kappa shape index (κ2) is 7.57. The number of carbonyl (C=O) groups is 1. The standard InChI is InChI=1S/C17H16ClF3N2O/c1-2-11-5-3-4-6-14(11)22-10-16(24)23-15-9-12(17(19,20)21)7-8-13(15)18/h3-9,22H,2,10H2,1H3,(H,23,24). The van der Waals surface area contributed by atoms with Crippen molar-refractivity contribution in [2.75, 3.05) is 17.2 Å². The van der Waals surface area contributed by atoms with Crippen molar-refractivity contribution < 1.29 is 18.0 Å². The smallest absolute Gasteiger partial charge is 0.376 e. The molecule has 0 atom stereocenters. The molecule has 7 heteroatoms. The molecule has 0 aliphatic rings. The fraction of sp³-hybridized carbons (Fsp3) is 0.235. The van der Waals surface area contributed by atoms with Gasteiger partial charge in [0.2, 0.25) is 5.91 Å². The molecule has 2 N–H and O–H groups in total. The molecule has 0 spiro atoms. The Hall–Kier alpha value is -2.21. The van der Waals surface area contributed by atoms with E-state index in [-0.39, 0.29) is 17.3 Å². The van der Waals surface area contributed by atoms with Crippen molar-refractivity contribution in [2.24, 2.45) is 0 Å². The number of amides is 1. The summed E-state index contributed by atoms with van der Waals surface area (Å²) < 4.78 is 38.2. The summed E-state index contributed by atoms with van der Waals surface area (Å²) in [5.74, 6) is -0.484. The van der Waals surface area contributed by atoms with Crippen LogP contribution in [0.25, 0.3) is 0 Å². The first-order valence-electron chi connectivity index (χ1n) is 7.29. The predicted molar refractivity (Wildman–Crippen MR) is 89.4 cm³/mol. The predicted octanol–water partition coefficient (Wildman–Crippen LogP) is 4.97. The number of benzene rings is 2. The molecular formula is C17H16ClF3N2O. The second-order valence-corrected chi connectivity index (χ2v) is 5.51. The minimum absolute atomic E-state index is 0.0466. The van der Waals surface area contributed by atoms with Gasteiger partial charge in [0.15, 0.2) is 0 Å². The lowest BCUT2D eigenvalue weighted by molar-refractivity contribution is -0.137. The Bertz CT molecular complexity index is 732. The monoisotopic (exact) mass is 356 g/mol.